The molecule has 3 rings (SSSR count). The van der Waals surface area contributed by atoms with E-state index in [1.54, 1.807) is 18.7 Å². The van der Waals surface area contributed by atoms with Gasteiger partial charge in [-0.3, -0.25) is 4.98 Å². The quantitative estimate of drug-likeness (QED) is 0.717. The zero-order valence-electron chi connectivity index (χ0n) is 10.7. The zero-order chi connectivity index (χ0) is 13.1. The third-order valence-electron chi connectivity index (χ3n) is 3.27. The van der Waals surface area contributed by atoms with Gasteiger partial charge in [-0.25, -0.2) is 4.98 Å². The van der Waals surface area contributed by atoms with E-state index in [2.05, 4.69) is 33.6 Å². The lowest BCUT2D eigenvalue weighted by Gasteiger charge is -2.13. The van der Waals surface area contributed by atoms with Crippen LogP contribution in [-0.4, -0.2) is 14.5 Å². The summed E-state index contributed by atoms with van der Waals surface area (Å²) < 4.78 is 7.12. The first kappa shape index (κ1) is 11.7. The van der Waals surface area contributed by atoms with Gasteiger partial charge in [0.1, 0.15) is 0 Å². The highest BCUT2D eigenvalue weighted by Crippen LogP contribution is 2.17. The Morgan fingerprint density at radius 2 is 2.26 bits per heavy atom. The van der Waals surface area contributed by atoms with Crippen LogP contribution in [0, 0.1) is 0 Å². The normalized spacial score (nSPS) is 12.5. The Morgan fingerprint density at radius 1 is 1.32 bits per heavy atom. The van der Waals surface area contributed by atoms with Gasteiger partial charge >= 0.3 is 0 Å². The Labute approximate surface area is 111 Å². The van der Waals surface area contributed by atoms with E-state index in [4.69, 9.17) is 4.42 Å². The van der Waals surface area contributed by atoms with Crippen LogP contribution in [0.5, 0.6) is 0 Å². The molecule has 0 aliphatic carbocycles. The highest BCUT2D eigenvalue weighted by molar-refractivity contribution is 5.22. The molecule has 19 heavy (non-hydrogen) atoms. The van der Waals surface area contributed by atoms with E-state index < -0.39 is 0 Å². The molecule has 3 aromatic rings. The van der Waals surface area contributed by atoms with Gasteiger partial charge in [0.25, 0.3) is 0 Å². The maximum atomic E-state index is 5.06. The summed E-state index contributed by atoms with van der Waals surface area (Å²) in [6, 6.07) is 6.39. The van der Waals surface area contributed by atoms with E-state index in [1.807, 2.05) is 24.8 Å². The average molecular weight is 253 g/mol. The molecule has 0 saturated heterocycles. The van der Waals surface area contributed by atoms with Gasteiger partial charge in [-0.1, -0.05) is 6.07 Å². The number of hydrogen-bond acceptors (Lipinski definition) is 3. The molecule has 1 unspecified atom stereocenters. The third kappa shape index (κ3) is 2.57. The van der Waals surface area contributed by atoms with Crippen LogP contribution in [0.1, 0.15) is 29.8 Å². The summed E-state index contributed by atoms with van der Waals surface area (Å²) in [5.41, 5.74) is 3.36. The van der Waals surface area contributed by atoms with Gasteiger partial charge in [0, 0.05) is 30.7 Å². The SMILES string of the molecule is CC(c1ccc(Cc2ccoc2)nc1)n1ccnc1. The molecule has 0 aliphatic heterocycles. The average Bonchev–Trinajstić information content (AvgIpc) is 3.12. The minimum atomic E-state index is 0.248. The van der Waals surface area contributed by atoms with Crippen molar-refractivity contribution in [2.24, 2.45) is 0 Å². The van der Waals surface area contributed by atoms with Crippen LogP contribution in [0.25, 0.3) is 0 Å². The summed E-state index contributed by atoms with van der Waals surface area (Å²) >= 11 is 0. The van der Waals surface area contributed by atoms with E-state index in [9.17, 15) is 0 Å². The first-order valence-corrected chi connectivity index (χ1v) is 6.26. The fourth-order valence-electron chi connectivity index (χ4n) is 2.06. The summed E-state index contributed by atoms with van der Waals surface area (Å²) in [4.78, 5) is 8.58. The van der Waals surface area contributed by atoms with Crippen molar-refractivity contribution in [2.75, 3.05) is 0 Å². The minimum Gasteiger partial charge on any atom is -0.472 e. The zero-order valence-corrected chi connectivity index (χ0v) is 10.7. The van der Waals surface area contributed by atoms with Crippen molar-refractivity contribution in [1.82, 2.24) is 14.5 Å². The van der Waals surface area contributed by atoms with Crippen molar-refractivity contribution in [3.63, 3.8) is 0 Å². The number of furan rings is 1. The van der Waals surface area contributed by atoms with E-state index >= 15 is 0 Å². The molecule has 3 aromatic heterocycles. The fraction of sp³-hybridized carbons (Fsp3) is 0.200. The van der Waals surface area contributed by atoms with Crippen molar-refractivity contribution in [1.29, 1.82) is 0 Å². The number of nitrogens with zero attached hydrogens (tertiary/aromatic N) is 3. The maximum Gasteiger partial charge on any atom is 0.0951 e. The molecular formula is C15H15N3O. The van der Waals surface area contributed by atoms with Crippen molar-refractivity contribution in [3.8, 4) is 0 Å². The maximum absolute atomic E-state index is 5.06. The molecule has 1 atom stereocenters. The Hall–Kier alpha value is -2.36. The number of hydrogen-bond donors (Lipinski definition) is 0. The van der Waals surface area contributed by atoms with E-state index in [-0.39, 0.29) is 6.04 Å². The second-order valence-electron chi connectivity index (χ2n) is 4.58. The lowest BCUT2D eigenvalue weighted by atomic mass is 10.1. The number of pyridine rings is 1. The molecule has 0 bridgehead atoms. The van der Waals surface area contributed by atoms with Gasteiger partial charge in [-0.2, -0.15) is 0 Å². The van der Waals surface area contributed by atoms with Crippen LogP contribution in [0.4, 0.5) is 0 Å². The molecule has 0 saturated carbocycles. The minimum absolute atomic E-state index is 0.248. The van der Waals surface area contributed by atoms with Crippen LogP contribution in [0.2, 0.25) is 0 Å². The number of imidazole rings is 1. The van der Waals surface area contributed by atoms with E-state index in [1.165, 1.54) is 5.56 Å². The van der Waals surface area contributed by atoms with Crippen molar-refractivity contribution in [2.45, 2.75) is 19.4 Å². The molecule has 4 nitrogen and oxygen atoms in total. The Bertz CT molecular complexity index is 612. The Kier molecular flexibility index (Phi) is 3.14. The second kappa shape index (κ2) is 5.10. The fourth-order valence-corrected chi connectivity index (χ4v) is 2.06. The van der Waals surface area contributed by atoms with Crippen LogP contribution >= 0.6 is 0 Å². The summed E-state index contributed by atoms with van der Waals surface area (Å²) in [7, 11) is 0. The van der Waals surface area contributed by atoms with Crippen molar-refractivity contribution < 1.29 is 4.42 Å². The molecule has 0 amide bonds. The monoisotopic (exact) mass is 253 g/mol. The lowest BCUT2D eigenvalue weighted by molar-refractivity contribution is 0.564. The molecule has 0 aliphatic rings. The van der Waals surface area contributed by atoms with Gasteiger partial charge < -0.3 is 8.98 Å². The molecule has 0 N–H and O–H groups in total. The predicted molar refractivity (Wildman–Crippen MR) is 71.8 cm³/mol. The summed E-state index contributed by atoms with van der Waals surface area (Å²) in [6.45, 7) is 2.13. The third-order valence-corrected chi connectivity index (χ3v) is 3.27. The lowest BCUT2D eigenvalue weighted by Crippen LogP contribution is -2.05. The van der Waals surface area contributed by atoms with E-state index in [0.717, 1.165) is 17.7 Å². The largest absolute Gasteiger partial charge is 0.472 e. The van der Waals surface area contributed by atoms with E-state index in [0.29, 0.717) is 0 Å². The molecular weight excluding hydrogens is 238 g/mol. The Balaban J connectivity index is 1.75. The topological polar surface area (TPSA) is 43.9 Å². The van der Waals surface area contributed by atoms with Crippen molar-refractivity contribution in [3.05, 3.63) is 72.5 Å². The molecule has 0 fully saturated rings. The second-order valence-corrected chi connectivity index (χ2v) is 4.58. The molecule has 4 heteroatoms. The highest BCUT2D eigenvalue weighted by atomic mass is 16.3. The number of rotatable bonds is 4. The van der Waals surface area contributed by atoms with Crippen LogP contribution in [-0.2, 0) is 6.42 Å². The van der Waals surface area contributed by atoms with Crippen LogP contribution < -0.4 is 0 Å². The number of aromatic nitrogens is 3. The molecule has 96 valence electrons. The predicted octanol–water partition coefficient (Wildman–Crippen LogP) is 3.07. The molecule has 0 spiro atoms. The van der Waals surface area contributed by atoms with Gasteiger partial charge in [0.2, 0.25) is 0 Å². The summed E-state index contributed by atoms with van der Waals surface area (Å²) in [5.74, 6) is 0. The molecule has 3 heterocycles. The van der Waals surface area contributed by atoms with Gasteiger partial charge in [-0.05, 0) is 30.2 Å². The molecule has 0 aromatic carbocycles. The van der Waals surface area contributed by atoms with Crippen LogP contribution in [0.3, 0.4) is 0 Å². The first-order chi connectivity index (χ1) is 9.33. The van der Waals surface area contributed by atoms with Gasteiger partial charge in [0.15, 0.2) is 0 Å². The highest BCUT2D eigenvalue weighted by Gasteiger charge is 2.07. The summed E-state index contributed by atoms with van der Waals surface area (Å²) in [5, 5.41) is 0. The smallest absolute Gasteiger partial charge is 0.0951 e. The first-order valence-electron chi connectivity index (χ1n) is 6.26. The van der Waals surface area contributed by atoms with Gasteiger partial charge in [0.05, 0.1) is 24.9 Å². The Morgan fingerprint density at radius 3 is 2.89 bits per heavy atom. The van der Waals surface area contributed by atoms with Crippen molar-refractivity contribution >= 4 is 0 Å². The van der Waals surface area contributed by atoms with Gasteiger partial charge in [-0.15, -0.1) is 0 Å². The summed E-state index contributed by atoms with van der Waals surface area (Å²) in [6.07, 6.45) is 11.7. The van der Waals surface area contributed by atoms with Crippen LogP contribution in [0.15, 0.2) is 60.1 Å². The standard InChI is InChI=1S/C15H15N3O/c1-12(18-6-5-16-11-18)14-2-3-15(17-9-14)8-13-4-7-19-10-13/h2-7,9-12H,8H2,1H3. The molecule has 0 radical (unpaired) electrons.